The highest BCUT2D eigenvalue weighted by Crippen LogP contribution is 2.25. The average Bonchev–Trinajstić information content (AvgIpc) is 3.11. The largest absolute Gasteiger partial charge is 0.451 e. The van der Waals surface area contributed by atoms with Gasteiger partial charge >= 0.3 is 0 Å². The summed E-state index contributed by atoms with van der Waals surface area (Å²) in [5.41, 5.74) is 2.95. The van der Waals surface area contributed by atoms with Crippen LogP contribution in [-0.4, -0.2) is 39.9 Å². The lowest BCUT2D eigenvalue weighted by Crippen LogP contribution is -2.20. The molecule has 7 heteroatoms. The number of benzene rings is 1. The smallest absolute Gasteiger partial charge is 0.289 e. The lowest BCUT2D eigenvalue weighted by atomic mass is 10.2. The summed E-state index contributed by atoms with van der Waals surface area (Å²) in [5.74, 6) is 0.596. The average molecular weight is 359 g/mol. The zero-order valence-electron chi connectivity index (χ0n) is 14.9. The number of pyridine rings is 1. The number of anilines is 2. The summed E-state index contributed by atoms with van der Waals surface area (Å²) in [6.45, 7) is 0. The van der Waals surface area contributed by atoms with Crippen LogP contribution in [-0.2, 0) is 0 Å². The predicted molar refractivity (Wildman–Crippen MR) is 103 cm³/mol. The Morgan fingerprint density at radius 3 is 2.67 bits per heavy atom. The van der Waals surface area contributed by atoms with E-state index >= 15 is 0 Å². The number of fused-ring (bicyclic) bond motifs is 1. The lowest BCUT2D eigenvalue weighted by Gasteiger charge is -2.06. The Labute approximate surface area is 155 Å². The van der Waals surface area contributed by atoms with Gasteiger partial charge in [-0.1, -0.05) is 6.07 Å². The van der Waals surface area contributed by atoms with Crippen molar-refractivity contribution in [3.63, 3.8) is 0 Å². The van der Waals surface area contributed by atoms with Gasteiger partial charge in [-0.25, -0.2) is 9.97 Å². The number of carbonyl (C=O) groups is 1. The van der Waals surface area contributed by atoms with Crippen molar-refractivity contribution >= 4 is 28.5 Å². The molecule has 0 saturated carbocycles. The standard InChI is InChI=1S/C20H17N5O2/c1-25(2)19(26)18-12-13-11-14(6-7-17(13)27-18)23-20-22-10-8-16(24-20)15-5-3-4-9-21-15/h3-12H,1-2H3,(H,22,23,24). The molecule has 0 fully saturated rings. The molecule has 1 aromatic carbocycles. The van der Waals surface area contributed by atoms with Crippen molar-refractivity contribution in [3.8, 4) is 11.4 Å². The molecule has 0 atom stereocenters. The number of nitrogens with zero attached hydrogens (tertiary/aromatic N) is 4. The van der Waals surface area contributed by atoms with Gasteiger partial charge in [-0.15, -0.1) is 0 Å². The maximum Gasteiger partial charge on any atom is 0.289 e. The highest BCUT2D eigenvalue weighted by Gasteiger charge is 2.14. The Hall–Kier alpha value is -3.74. The van der Waals surface area contributed by atoms with E-state index in [1.807, 2.05) is 42.5 Å². The zero-order chi connectivity index (χ0) is 18.8. The molecule has 0 unspecified atom stereocenters. The van der Waals surface area contributed by atoms with Crippen molar-refractivity contribution < 1.29 is 9.21 Å². The third kappa shape index (κ3) is 3.48. The van der Waals surface area contributed by atoms with Crippen LogP contribution < -0.4 is 5.32 Å². The number of rotatable bonds is 4. The fourth-order valence-electron chi connectivity index (χ4n) is 2.65. The molecule has 0 saturated heterocycles. The molecular weight excluding hydrogens is 342 g/mol. The van der Waals surface area contributed by atoms with Crippen LogP contribution in [0.25, 0.3) is 22.4 Å². The van der Waals surface area contributed by atoms with Gasteiger partial charge in [-0.2, -0.15) is 0 Å². The van der Waals surface area contributed by atoms with E-state index < -0.39 is 0 Å². The minimum Gasteiger partial charge on any atom is -0.451 e. The Morgan fingerprint density at radius 1 is 1.00 bits per heavy atom. The second-order valence-electron chi connectivity index (χ2n) is 6.17. The highest BCUT2D eigenvalue weighted by atomic mass is 16.3. The Bertz CT molecular complexity index is 1110. The van der Waals surface area contributed by atoms with Gasteiger partial charge in [-0.3, -0.25) is 9.78 Å². The molecule has 3 heterocycles. The second kappa shape index (κ2) is 6.87. The highest BCUT2D eigenvalue weighted by molar-refractivity contribution is 5.96. The van der Waals surface area contributed by atoms with E-state index in [-0.39, 0.29) is 5.91 Å². The van der Waals surface area contributed by atoms with Gasteiger partial charge in [0.05, 0.1) is 11.4 Å². The molecule has 4 rings (SSSR count). The van der Waals surface area contributed by atoms with Crippen LogP contribution in [0.3, 0.4) is 0 Å². The Morgan fingerprint density at radius 2 is 1.89 bits per heavy atom. The van der Waals surface area contributed by atoms with E-state index in [2.05, 4.69) is 20.3 Å². The van der Waals surface area contributed by atoms with Crippen molar-refractivity contribution in [1.29, 1.82) is 0 Å². The molecule has 7 nitrogen and oxygen atoms in total. The maximum atomic E-state index is 12.1. The fourth-order valence-corrected chi connectivity index (χ4v) is 2.65. The zero-order valence-corrected chi connectivity index (χ0v) is 14.9. The first-order valence-electron chi connectivity index (χ1n) is 8.37. The summed E-state index contributed by atoms with van der Waals surface area (Å²) in [6, 6.07) is 14.8. The van der Waals surface area contributed by atoms with Crippen LogP contribution in [0.5, 0.6) is 0 Å². The minimum absolute atomic E-state index is 0.174. The first kappa shape index (κ1) is 16.7. The van der Waals surface area contributed by atoms with E-state index in [4.69, 9.17) is 4.42 Å². The summed E-state index contributed by atoms with van der Waals surface area (Å²) < 4.78 is 5.61. The van der Waals surface area contributed by atoms with E-state index in [0.29, 0.717) is 17.3 Å². The molecule has 27 heavy (non-hydrogen) atoms. The molecule has 0 spiro atoms. The molecule has 0 bridgehead atoms. The van der Waals surface area contributed by atoms with E-state index in [1.54, 1.807) is 32.6 Å². The van der Waals surface area contributed by atoms with Crippen LogP contribution in [0.4, 0.5) is 11.6 Å². The third-order valence-corrected chi connectivity index (χ3v) is 3.97. The number of amides is 1. The molecule has 134 valence electrons. The molecule has 0 aliphatic rings. The molecule has 0 aliphatic carbocycles. The van der Waals surface area contributed by atoms with Crippen molar-refractivity contribution in [2.75, 3.05) is 19.4 Å². The number of nitrogens with one attached hydrogen (secondary N) is 1. The Balaban J connectivity index is 1.61. The van der Waals surface area contributed by atoms with E-state index in [1.165, 1.54) is 4.90 Å². The first-order valence-corrected chi connectivity index (χ1v) is 8.37. The van der Waals surface area contributed by atoms with Crippen molar-refractivity contribution in [1.82, 2.24) is 19.9 Å². The molecule has 1 N–H and O–H groups in total. The second-order valence-corrected chi connectivity index (χ2v) is 6.17. The van der Waals surface area contributed by atoms with Crippen molar-refractivity contribution in [3.05, 3.63) is 66.7 Å². The van der Waals surface area contributed by atoms with Crippen LogP contribution in [0.15, 0.2) is 65.3 Å². The summed E-state index contributed by atoms with van der Waals surface area (Å²) >= 11 is 0. The summed E-state index contributed by atoms with van der Waals surface area (Å²) in [7, 11) is 3.38. The van der Waals surface area contributed by atoms with Gasteiger partial charge in [0.25, 0.3) is 5.91 Å². The van der Waals surface area contributed by atoms with Crippen LogP contribution in [0.1, 0.15) is 10.6 Å². The quantitative estimate of drug-likeness (QED) is 0.598. The van der Waals surface area contributed by atoms with Crippen molar-refractivity contribution in [2.45, 2.75) is 0 Å². The summed E-state index contributed by atoms with van der Waals surface area (Å²) in [4.78, 5) is 26.6. The van der Waals surface area contributed by atoms with Gasteiger partial charge in [0, 0.05) is 37.6 Å². The Kier molecular flexibility index (Phi) is 4.25. The predicted octanol–water partition coefficient (Wildman–Crippen LogP) is 3.73. The van der Waals surface area contributed by atoms with Crippen LogP contribution in [0.2, 0.25) is 0 Å². The van der Waals surface area contributed by atoms with E-state index in [9.17, 15) is 4.79 Å². The molecule has 1 amide bonds. The van der Waals surface area contributed by atoms with Gasteiger partial charge < -0.3 is 14.6 Å². The molecular formula is C20H17N5O2. The number of hydrogen-bond donors (Lipinski definition) is 1. The van der Waals surface area contributed by atoms with Gasteiger partial charge in [-0.05, 0) is 42.5 Å². The number of hydrogen-bond acceptors (Lipinski definition) is 6. The maximum absolute atomic E-state index is 12.1. The normalized spacial score (nSPS) is 10.7. The molecule has 0 aliphatic heterocycles. The van der Waals surface area contributed by atoms with Gasteiger partial charge in [0.2, 0.25) is 5.95 Å². The van der Waals surface area contributed by atoms with Gasteiger partial charge in [0.1, 0.15) is 5.58 Å². The third-order valence-electron chi connectivity index (χ3n) is 3.97. The first-order chi connectivity index (χ1) is 13.1. The number of aromatic nitrogens is 3. The van der Waals surface area contributed by atoms with Crippen LogP contribution >= 0.6 is 0 Å². The summed E-state index contributed by atoms with van der Waals surface area (Å²) in [6.07, 6.45) is 3.41. The topological polar surface area (TPSA) is 84.2 Å². The van der Waals surface area contributed by atoms with E-state index in [0.717, 1.165) is 22.5 Å². The number of furan rings is 1. The number of carbonyl (C=O) groups excluding carboxylic acids is 1. The fraction of sp³-hybridized carbons (Fsp3) is 0.100. The molecule has 3 aromatic heterocycles. The van der Waals surface area contributed by atoms with Crippen LogP contribution in [0, 0.1) is 0 Å². The van der Waals surface area contributed by atoms with Crippen molar-refractivity contribution in [2.24, 2.45) is 0 Å². The SMILES string of the molecule is CN(C)C(=O)c1cc2cc(Nc3nccc(-c4ccccn4)n3)ccc2o1. The monoisotopic (exact) mass is 359 g/mol. The van der Waals surface area contributed by atoms with Gasteiger partial charge in [0.15, 0.2) is 5.76 Å². The molecule has 4 aromatic rings. The molecule has 0 radical (unpaired) electrons. The summed E-state index contributed by atoms with van der Waals surface area (Å²) in [5, 5.41) is 4.01. The minimum atomic E-state index is -0.174. The lowest BCUT2D eigenvalue weighted by molar-refractivity contribution is 0.0799.